The molecule has 7 nitrogen and oxygen atoms in total. The first-order valence-electron chi connectivity index (χ1n) is 12.3. The quantitative estimate of drug-likeness (QED) is 0.213. The van der Waals surface area contributed by atoms with Crippen molar-refractivity contribution in [3.05, 3.63) is 127 Å². The fourth-order valence-electron chi connectivity index (χ4n) is 4.25. The SMILES string of the molecule is O=S(=O)(Cc1nc(-c2ccc(F)cc2)c(-c2ccc(F)cc2)o1)c1ccc(-n2cc(-c3cccc(F)c3)nn2)cc1. The number of rotatable bonds is 7. The van der Waals surface area contributed by atoms with E-state index in [1.165, 1.54) is 77.5 Å². The van der Waals surface area contributed by atoms with Crippen LogP contribution in [0.2, 0.25) is 0 Å². The summed E-state index contributed by atoms with van der Waals surface area (Å²) in [6.07, 6.45) is 1.61. The molecule has 0 fully saturated rings. The van der Waals surface area contributed by atoms with Crippen molar-refractivity contribution in [2.45, 2.75) is 10.6 Å². The van der Waals surface area contributed by atoms with Crippen LogP contribution in [0.5, 0.6) is 0 Å². The molecule has 2 heterocycles. The topological polar surface area (TPSA) is 90.9 Å². The van der Waals surface area contributed by atoms with Crippen LogP contribution in [0.3, 0.4) is 0 Å². The molecule has 0 aliphatic carbocycles. The van der Waals surface area contributed by atoms with E-state index in [0.29, 0.717) is 33.8 Å². The van der Waals surface area contributed by atoms with Gasteiger partial charge < -0.3 is 4.42 Å². The number of hydrogen-bond donors (Lipinski definition) is 0. The summed E-state index contributed by atoms with van der Waals surface area (Å²) >= 11 is 0. The van der Waals surface area contributed by atoms with E-state index in [2.05, 4.69) is 15.3 Å². The molecule has 0 unspecified atom stereocenters. The summed E-state index contributed by atoms with van der Waals surface area (Å²) in [5.74, 6) is -1.68. The van der Waals surface area contributed by atoms with Gasteiger partial charge in [0.15, 0.2) is 15.6 Å². The molecule has 0 spiro atoms. The lowest BCUT2D eigenvalue weighted by atomic mass is 10.1. The number of halogens is 3. The maximum Gasteiger partial charge on any atom is 0.211 e. The highest BCUT2D eigenvalue weighted by Gasteiger charge is 2.23. The minimum atomic E-state index is -3.90. The molecule has 0 saturated carbocycles. The second-order valence-corrected chi connectivity index (χ2v) is 11.1. The highest BCUT2D eigenvalue weighted by Crippen LogP contribution is 2.34. The second kappa shape index (κ2) is 10.5. The fourth-order valence-corrected chi connectivity index (χ4v) is 5.41. The summed E-state index contributed by atoms with van der Waals surface area (Å²) in [7, 11) is -3.90. The number of benzene rings is 4. The van der Waals surface area contributed by atoms with Crippen molar-refractivity contribution < 1.29 is 26.0 Å². The van der Waals surface area contributed by atoms with Gasteiger partial charge in [0.25, 0.3) is 0 Å². The Bertz CT molecular complexity index is 1890. The molecule has 41 heavy (non-hydrogen) atoms. The zero-order valence-electron chi connectivity index (χ0n) is 21.1. The summed E-state index contributed by atoms with van der Waals surface area (Å²) in [5.41, 5.74) is 2.86. The van der Waals surface area contributed by atoms with Gasteiger partial charge in [0.05, 0.1) is 16.8 Å². The van der Waals surface area contributed by atoms with Gasteiger partial charge >= 0.3 is 0 Å². The smallest absolute Gasteiger partial charge is 0.211 e. The summed E-state index contributed by atoms with van der Waals surface area (Å²) in [6, 6.07) is 22.9. The second-order valence-electron chi connectivity index (χ2n) is 9.11. The molecule has 4 aromatic carbocycles. The first-order valence-corrected chi connectivity index (χ1v) is 13.9. The third-order valence-corrected chi connectivity index (χ3v) is 7.90. The molecule has 0 atom stereocenters. The number of oxazole rings is 1. The van der Waals surface area contributed by atoms with E-state index in [-0.39, 0.29) is 16.5 Å². The average Bonchev–Trinajstić information content (AvgIpc) is 3.62. The Balaban J connectivity index is 1.28. The van der Waals surface area contributed by atoms with Gasteiger partial charge in [-0.25, -0.2) is 31.3 Å². The summed E-state index contributed by atoms with van der Waals surface area (Å²) < 4.78 is 74.5. The number of hydrogen-bond acceptors (Lipinski definition) is 6. The van der Waals surface area contributed by atoms with Crippen LogP contribution in [0.1, 0.15) is 5.89 Å². The van der Waals surface area contributed by atoms with Crippen molar-refractivity contribution in [2.24, 2.45) is 0 Å². The Morgan fingerprint density at radius 1 is 0.732 bits per heavy atom. The number of aromatic nitrogens is 4. The lowest BCUT2D eigenvalue weighted by molar-refractivity contribution is 0.519. The molecule has 0 N–H and O–H groups in total. The van der Waals surface area contributed by atoms with Gasteiger partial charge in [-0.05, 0) is 84.9 Å². The standard InChI is InChI=1S/C30H19F3N4O3S/c31-22-8-4-19(5-9-22)29-30(20-6-10-23(32)11-7-20)40-28(34-29)18-41(38,39)26-14-12-25(13-15-26)37-17-27(35-36-37)21-2-1-3-24(33)16-21/h1-17H,18H2. The molecule has 0 amide bonds. The van der Waals surface area contributed by atoms with Crippen molar-refractivity contribution >= 4 is 9.84 Å². The molecule has 204 valence electrons. The van der Waals surface area contributed by atoms with E-state index in [1.54, 1.807) is 30.5 Å². The zero-order valence-corrected chi connectivity index (χ0v) is 21.9. The van der Waals surface area contributed by atoms with Gasteiger partial charge in [0, 0.05) is 16.7 Å². The minimum absolute atomic E-state index is 0.0246. The Kier molecular flexibility index (Phi) is 6.72. The maximum atomic E-state index is 13.6. The Morgan fingerprint density at radius 2 is 1.39 bits per heavy atom. The van der Waals surface area contributed by atoms with E-state index < -0.39 is 33.0 Å². The van der Waals surface area contributed by atoms with Crippen LogP contribution in [0.25, 0.3) is 39.5 Å². The molecule has 0 aliphatic rings. The van der Waals surface area contributed by atoms with Gasteiger partial charge in [-0.3, -0.25) is 0 Å². The van der Waals surface area contributed by atoms with Crippen molar-refractivity contribution in [1.29, 1.82) is 0 Å². The van der Waals surface area contributed by atoms with Gasteiger partial charge in [0.2, 0.25) is 5.89 Å². The predicted molar refractivity (Wildman–Crippen MR) is 145 cm³/mol. The van der Waals surface area contributed by atoms with Crippen LogP contribution in [0, 0.1) is 17.5 Å². The molecule has 0 aliphatic heterocycles. The Morgan fingerprint density at radius 3 is 2.05 bits per heavy atom. The number of sulfone groups is 1. The van der Waals surface area contributed by atoms with Crippen LogP contribution >= 0.6 is 0 Å². The average molecular weight is 573 g/mol. The largest absolute Gasteiger partial charge is 0.439 e. The van der Waals surface area contributed by atoms with Crippen LogP contribution < -0.4 is 0 Å². The highest BCUT2D eigenvalue weighted by molar-refractivity contribution is 7.90. The zero-order chi connectivity index (χ0) is 28.6. The van der Waals surface area contributed by atoms with Crippen LogP contribution in [-0.4, -0.2) is 28.4 Å². The molecule has 0 radical (unpaired) electrons. The van der Waals surface area contributed by atoms with E-state index in [9.17, 15) is 21.6 Å². The van der Waals surface area contributed by atoms with Crippen molar-refractivity contribution in [3.63, 3.8) is 0 Å². The Hall–Kier alpha value is -5.03. The molecule has 0 saturated heterocycles. The van der Waals surface area contributed by atoms with Crippen molar-refractivity contribution in [3.8, 4) is 39.5 Å². The molecule has 0 bridgehead atoms. The van der Waals surface area contributed by atoms with Crippen LogP contribution in [0.4, 0.5) is 13.2 Å². The number of nitrogens with zero attached hydrogens (tertiary/aromatic N) is 4. The van der Waals surface area contributed by atoms with Crippen LogP contribution in [0.15, 0.2) is 113 Å². The minimum Gasteiger partial charge on any atom is -0.439 e. The molecular formula is C30H19F3N4O3S. The Labute approximate surface area is 232 Å². The molecule has 11 heteroatoms. The molecule has 6 aromatic rings. The normalized spacial score (nSPS) is 11.6. The maximum absolute atomic E-state index is 13.6. The van der Waals surface area contributed by atoms with E-state index in [1.807, 2.05) is 0 Å². The van der Waals surface area contributed by atoms with Gasteiger partial charge in [-0.1, -0.05) is 17.3 Å². The third-order valence-electron chi connectivity index (χ3n) is 6.28. The van der Waals surface area contributed by atoms with E-state index >= 15 is 0 Å². The molecule has 2 aromatic heterocycles. The van der Waals surface area contributed by atoms with Crippen LogP contribution in [-0.2, 0) is 15.6 Å². The highest BCUT2D eigenvalue weighted by atomic mass is 32.2. The molecule has 6 rings (SSSR count). The first-order chi connectivity index (χ1) is 19.7. The molecular weight excluding hydrogens is 553 g/mol. The summed E-state index contributed by atoms with van der Waals surface area (Å²) in [5, 5.41) is 8.12. The van der Waals surface area contributed by atoms with Gasteiger partial charge in [-0.2, -0.15) is 0 Å². The van der Waals surface area contributed by atoms with Crippen molar-refractivity contribution in [1.82, 2.24) is 20.0 Å². The monoisotopic (exact) mass is 572 g/mol. The fraction of sp³-hybridized carbons (Fsp3) is 0.0333. The lowest BCUT2D eigenvalue weighted by Gasteiger charge is -2.04. The first kappa shape index (κ1) is 26.2. The summed E-state index contributed by atoms with van der Waals surface area (Å²) in [4.78, 5) is 4.44. The van der Waals surface area contributed by atoms with Crippen molar-refractivity contribution in [2.75, 3.05) is 0 Å². The van der Waals surface area contributed by atoms with Gasteiger partial charge in [-0.15, -0.1) is 5.10 Å². The van der Waals surface area contributed by atoms with E-state index in [4.69, 9.17) is 4.42 Å². The van der Waals surface area contributed by atoms with E-state index in [0.717, 1.165) is 0 Å². The third kappa shape index (κ3) is 5.52. The predicted octanol–water partition coefficient (Wildman–Crippen LogP) is 6.65. The summed E-state index contributed by atoms with van der Waals surface area (Å²) in [6.45, 7) is 0. The van der Waals surface area contributed by atoms with Gasteiger partial charge in [0.1, 0.15) is 34.6 Å². The lowest BCUT2D eigenvalue weighted by Crippen LogP contribution is -2.06.